The SMILES string of the molecule is Cn1cc(Br)cc1C(=O)NNS(=O)(=O)c1cccc(-n2cnnn2)c1. The highest BCUT2D eigenvalue weighted by atomic mass is 79.9. The van der Waals surface area contributed by atoms with Crippen LogP contribution >= 0.6 is 15.9 Å². The Morgan fingerprint density at radius 3 is 2.72 bits per heavy atom. The number of sulfonamides is 1. The number of nitrogens with one attached hydrogen (secondary N) is 2. The van der Waals surface area contributed by atoms with Crippen LogP contribution in [-0.4, -0.2) is 39.1 Å². The van der Waals surface area contributed by atoms with Gasteiger partial charge in [0.2, 0.25) is 0 Å². The summed E-state index contributed by atoms with van der Waals surface area (Å²) in [4.78, 5) is 14.1. The first kappa shape index (κ1) is 17.3. The second kappa shape index (κ2) is 6.74. The fraction of sp³-hybridized carbons (Fsp3) is 0.0769. The maximum absolute atomic E-state index is 12.4. The molecule has 2 aromatic heterocycles. The minimum atomic E-state index is -3.97. The van der Waals surface area contributed by atoms with Crippen molar-refractivity contribution in [2.45, 2.75) is 4.90 Å². The summed E-state index contributed by atoms with van der Waals surface area (Å²) in [6.45, 7) is 0. The zero-order chi connectivity index (χ0) is 18.0. The molecule has 2 N–H and O–H groups in total. The van der Waals surface area contributed by atoms with E-state index in [0.717, 1.165) is 0 Å². The number of aromatic nitrogens is 5. The van der Waals surface area contributed by atoms with Gasteiger partial charge in [-0.25, -0.2) is 13.1 Å². The van der Waals surface area contributed by atoms with E-state index in [1.54, 1.807) is 36.0 Å². The van der Waals surface area contributed by atoms with Crippen molar-refractivity contribution >= 4 is 31.9 Å². The van der Waals surface area contributed by atoms with Gasteiger partial charge in [0, 0.05) is 17.7 Å². The second-order valence-corrected chi connectivity index (χ2v) is 7.56. The fourth-order valence-electron chi connectivity index (χ4n) is 2.06. The molecule has 0 aliphatic carbocycles. The summed E-state index contributed by atoms with van der Waals surface area (Å²) in [5, 5.41) is 10.7. The standard InChI is InChI=1S/C13H12BrN7O3S/c1-20-7-9(14)5-12(20)13(22)16-19-25(23,24)11-4-2-3-10(6-11)21-8-15-17-18-21/h2-8,19H,1H3,(H,16,22). The molecule has 0 bridgehead atoms. The van der Waals surface area contributed by atoms with Crippen LogP contribution < -0.4 is 10.3 Å². The first-order valence-electron chi connectivity index (χ1n) is 6.84. The van der Waals surface area contributed by atoms with E-state index in [-0.39, 0.29) is 10.6 Å². The first-order valence-corrected chi connectivity index (χ1v) is 9.12. The summed E-state index contributed by atoms with van der Waals surface area (Å²) < 4.78 is 28.3. The Labute approximate surface area is 151 Å². The Morgan fingerprint density at radius 2 is 2.08 bits per heavy atom. The van der Waals surface area contributed by atoms with Crippen LogP contribution in [0.4, 0.5) is 0 Å². The Hall–Kier alpha value is -2.57. The Bertz CT molecular complexity index is 1010. The fourth-order valence-corrected chi connectivity index (χ4v) is 3.46. The molecular weight excluding hydrogens is 414 g/mol. The number of tetrazole rings is 1. The Balaban J connectivity index is 1.77. The average Bonchev–Trinajstić information content (AvgIpc) is 3.22. The third kappa shape index (κ3) is 3.75. The largest absolute Gasteiger partial charge is 0.345 e. The van der Waals surface area contributed by atoms with Gasteiger partial charge >= 0.3 is 0 Å². The van der Waals surface area contributed by atoms with Crippen molar-refractivity contribution in [3.05, 3.63) is 53.0 Å². The molecule has 0 aliphatic heterocycles. The summed E-state index contributed by atoms with van der Waals surface area (Å²) in [5.41, 5.74) is 2.93. The smallest absolute Gasteiger partial charge is 0.282 e. The van der Waals surface area contributed by atoms with Crippen LogP contribution in [0.5, 0.6) is 0 Å². The van der Waals surface area contributed by atoms with Crippen molar-refractivity contribution in [2.24, 2.45) is 7.05 Å². The van der Waals surface area contributed by atoms with Gasteiger partial charge in [-0.05, 0) is 50.6 Å². The number of halogens is 1. The van der Waals surface area contributed by atoms with E-state index in [1.165, 1.54) is 23.1 Å². The molecule has 3 aromatic rings. The normalized spacial score (nSPS) is 11.4. The number of hydrogen-bond acceptors (Lipinski definition) is 6. The Kier molecular flexibility index (Phi) is 4.65. The van der Waals surface area contributed by atoms with Gasteiger partial charge in [0.25, 0.3) is 15.9 Å². The number of nitrogens with zero attached hydrogens (tertiary/aromatic N) is 5. The maximum Gasteiger partial charge on any atom is 0.282 e. The number of carbonyl (C=O) groups excluding carboxylic acids is 1. The van der Waals surface area contributed by atoms with Crippen LogP contribution in [0.25, 0.3) is 5.69 Å². The zero-order valence-corrected chi connectivity index (χ0v) is 15.2. The maximum atomic E-state index is 12.4. The summed E-state index contributed by atoms with van der Waals surface area (Å²) in [7, 11) is -2.30. The van der Waals surface area contributed by atoms with Gasteiger partial charge in [-0.3, -0.25) is 10.2 Å². The van der Waals surface area contributed by atoms with Gasteiger partial charge in [0.05, 0.1) is 10.6 Å². The van der Waals surface area contributed by atoms with Gasteiger partial charge < -0.3 is 4.57 Å². The third-order valence-electron chi connectivity index (χ3n) is 3.24. The predicted molar refractivity (Wildman–Crippen MR) is 90.1 cm³/mol. The molecule has 3 rings (SSSR count). The number of carbonyl (C=O) groups is 1. The third-order valence-corrected chi connectivity index (χ3v) is 4.92. The molecule has 0 radical (unpaired) electrons. The lowest BCUT2D eigenvalue weighted by Gasteiger charge is -2.10. The lowest BCUT2D eigenvalue weighted by atomic mass is 10.3. The van der Waals surface area contributed by atoms with Gasteiger partial charge in [0.1, 0.15) is 12.0 Å². The molecule has 0 saturated heterocycles. The summed E-state index contributed by atoms with van der Waals surface area (Å²) in [5.74, 6) is -0.589. The Morgan fingerprint density at radius 1 is 1.28 bits per heavy atom. The summed E-state index contributed by atoms with van der Waals surface area (Å²) in [6.07, 6.45) is 3.02. The molecule has 12 heteroatoms. The van der Waals surface area contributed by atoms with Gasteiger partial charge in [-0.1, -0.05) is 6.07 Å². The number of rotatable bonds is 5. The lowest BCUT2D eigenvalue weighted by molar-refractivity contribution is 0.0937. The highest BCUT2D eigenvalue weighted by Gasteiger charge is 2.18. The van der Waals surface area contributed by atoms with E-state index in [4.69, 9.17) is 0 Å². The van der Waals surface area contributed by atoms with Crippen LogP contribution in [-0.2, 0) is 17.1 Å². The summed E-state index contributed by atoms with van der Waals surface area (Å²) >= 11 is 3.25. The molecule has 130 valence electrons. The van der Waals surface area contributed by atoms with Crippen molar-refractivity contribution in [3.63, 3.8) is 0 Å². The quantitative estimate of drug-likeness (QED) is 0.569. The molecule has 1 amide bonds. The number of hydrazine groups is 1. The highest BCUT2D eigenvalue weighted by molar-refractivity contribution is 9.10. The molecule has 1 aromatic carbocycles. The van der Waals surface area contributed by atoms with Gasteiger partial charge in [-0.2, -0.15) is 0 Å². The van der Waals surface area contributed by atoms with E-state index in [2.05, 4.69) is 41.7 Å². The van der Waals surface area contributed by atoms with Gasteiger partial charge in [0.15, 0.2) is 0 Å². The number of hydrogen-bond donors (Lipinski definition) is 2. The lowest BCUT2D eigenvalue weighted by Crippen LogP contribution is -2.42. The van der Waals surface area contributed by atoms with Crippen molar-refractivity contribution in [3.8, 4) is 5.69 Å². The highest BCUT2D eigenvalue weighted by Crippen LogP contribution is 2.15. The van der Waals surface area contributed by atoms with Crippen molar-refractivity contribution in [1.82, 2.24) is 35.0 Å². The van der Waals surface area contributed by atoms with Crippen LogP contribution in [0.3, 0.4) is 0 Å². The van der Waals surface area contributed by atoms with Crippen molar-refractivity contribution < 1.29 is 13.2 Å². The molecule has 0 aliphatic rings. The minimum Gasteiger partial charge on any atom is -0.345 e. The number of amides is 1. The molecule has 0 spiro atoms. The van der Waals surface area contributed by atoms with E-state index < -0.39 is 15.9 Å². The molecule has 0 fully saturated rings. The van der Waals surface area contributed by atoms with Crippen LogP contribution in [0.1, 0.15) is 10.5 Å². The molecule has 0 atom stereocenters. The van der Waals surface area contributed by atoms with Crippen LogP contribution in [0.15, 0.2) is 52.2 Å². The van der Waals surface area contributed by atoms with Crippen LogP contribution in [0.2, 0.25) is 0 Å². The molecule has 2 heterocycles. The summed E-state index contributed by atoms with van der Waals surface area (Å²) in [6, 6.07) is 7.53. The number of aryl methyl sites for hydroxylation is 1. The van der Waals surface area contributed by atoms with E-state index in [1.807, 2.05) is 0 Å². The van der Waals surface area contributed by atoms with Gasteiger partial charge in [-0.15, -0.1) is 9.93 Å². The van der Waals surface area contributed by atoms with Crippen molar-refractivity contribution in [1.29, 1.82) is 0 Å². The predicted octanol–water partition coefficient (Wildman–Crippen LogP) is 0.387. The molecule has 0 saturated carbocycles. The zero-order valence-electron chi connectivity index (χ0n) is 12.8. The topological polar surface area (TPSA) is 124 Å². The monoisotopic (exact) mass is 425 g/mol. The van der Waals surface area contributed by atoms with E-state index in [0.29, 0.717) is 10.2 Å². The average molecular weight is 426 g/mol. The molecule has 25 heavy (non-hydrogen) atoms. The minimum absolute atomic E-state index is 0.0474. The molecule has 0 unspecified atom stereocenters. The molecule has 10 nitrogen and oxygen atoms in total. The number of benzene rings is 1. The van der Waals surface area contributed by atoms with E-state index in [9.17, 15) is 13.2 Å². The van der Waals surface area contributed by atoms with E-state index >= 15 is 0 Å². The van der Waals surface area contributed by atoms with Crippen molar-refractivity contribution in [2.75, 3.05) is 0 Å². The second-order valence-electron chi connectivity index (χ2n) is 4.97. The molecular formula is C13H12BrN7O3S. The first-order chi connectivity index (χ1) is 11.9. The van der Waals surface area contributed by atoms with Crippen LogP contribution in [0, 0.1) is 0 Å².